The van der Waals surface area contributed by atoms with Gasteiger partial charge in [0.15, 0.2) is 16.9 Å². The number of thioether (sulfide) groups is 1. The highest BCUT2D eigenvalue weighted by atomic mass is 32.2. The molecule has 2 aromatic carbocycles. The van der Waals surface area contributed by atoms with Crippen LogP contribution in [0.2, 0.25) is 0 Å². The van der Waals surface area contributed by atoms with Gasteiger partial charge in [-0.15, -0.1) is 11.3 Å². The lowest BCUT2D eigenvalue weighted by atomic mass is 10.1. The quantitative estimate of drug-likeness (QED) is 0.307. The van der Waals surface area contributed by atoms with Gasteiger partial charge in [0.25, 0.3) is 5.56 Å². The third-order valence-corrected chi connectivity index (χ3v) is 6.68. The lowest BCUT2D eigenvalue weighted by Crippen LogP contribution is -2.23. The molecule has 0 amide bonds. The molecule has 0 saturated carbocycles. The lowest BCUT2D eigenvalue weighted by molar-refractivity contribution is -0.116. The number of benzene rings is 2. The first-order chi connectivity index (χ1) is 15.1. The highest BCUT2D eigenvalue weighted by molar-refractivity contribution is 7.99. The number of hydrogen-bond acceptors (Lipinski definition) is 7. The van der Waals surface area contributed by atoms with Gasteiger partial charge in [-0.1, -0.05) is 54.2 Å². The molecule has 0 radical (unpaired) electrons. The van der Waals surface area contributed by atoms with Crippen molar-refractivity contribution in [3.63, 3.8) is 0 Å². The van der Waals surface area contributed by atoms with Crippen molar-refractivity contribution in [3.8, 4) is 17.3 Å². The third kappa shape index (κ3) is 4.29. The van der Waals surface area contributed by atoms with E-state index in [1.54, 1.807) is 22.8 Å². The second kappa shape index (κ2) is 9.25. The molecule has 2 aromatic heterocycles. The van der Waals surface area contributed by atoms with E-state index in [0.29, 0.717) is 27.6 Å². The van der Waals surface area contributed by atoms with Gasteiger partial charge in [-0.2, -0.15) is 5.26 Å². The summed E-state index contributed by atoms with van der Waals surface area (Å²) in [6.45, 7) is 2.31. The van der Waals surface area contributed by atoms with Crippen molar-refractivity contribution in [2.75, 3.05) is 5.75 Å². The molecule has 31 heavy (non-hydrogen) atoms. The van der Waals surface area contributed by atoms with Crippen molar-refractivity contribution < 1.29 is 4.79 Å². The van der Waals surface area contributed by atoms with Crippen molar-refractivity contribution in [2.24, 2.45) is 0 Å². The predicted octanol–water partition coefficient (Wildman–Crippen LogP) is 4.51. The van der Waals surface area contributed by atoms with Crippen LogP contribution in [0.1, 0.15) is 17.8 Å². The Morgan fingerprint density at radius 2 is 1.90 bits per heavy atom. The first-order valence-electron chi connectivity index (χ1n) is 9.68. The molecule has 1 atom stereocenters. The number of hydrogen-bond donors (Lipinski definition) is 0. The van der Waals surface area contributed by atoms with Gasteiger partial charge < -0.3 is 0 Å². The van der Waals surface area contributed by atoms with Gasteiger partial charge >= 0.3 is 0 Å². The van der Waals surface area contributed by atoms with E-state index in [1.807, 2.05) is 48.7 Å². The molecular formula is C23H18N4O2S2. The predicted molar refractivity (Wildman–Crippen MR) is 123 cm³/mol. The van der Waals surface area contributed by atoms with Crippen molar-refractivity contribution >= 4 is 39.8 Å². The van der Waals surface area contributed by atoms with Crippen LogP contribution in [-0.4, -0.2) is 26.1 Å². The maximum Gasteiger partial charge on any atom is 0.262 e. The molecule has 4 rings (SSSR count). The summed E-state index contributed by atoms with van der Waals surface area (Å²) >= 11 is 2.48. The zero-order valence-corrected chi connectivity index (χ0v) is 18.3. The van der Waals surface area contributed by atoms with Crippen LogP contribution in [0.5, 0.6) is 0 Å². The zero-order chi connectivity index (χ0) is 21.8. The Labute approximate surface area is 187 Å². The minimum absolute atomic E-state index is 0.0310. The summed E-state index contributed by atoms with van der Waals surface area (Å²) in [6, 6.07) is 18.9. The molecule has 4 aromatic rings. The van der Waals surface area contributed by atoms with Crippen LogP contribution in [0.25, 0.3) is 22.2 Å². The molecule has 154 valence electrons. The van der Waals surface area contributed by atoms with Gasteiger partial charge in [0.2, 0.25) is 0 Å². The van der Waals surface area contributed by atoms with Crippen molar-refractivity contribution in [2.45, 2.75) is 24.5 Å². The molecule has 2 heterocycles. The lowest BCUT2D eigenvalue weighted by Gasteiger charge is -2.11. The van der Waals surface area contributed by atoms with Crippen LogP contribution in [0, 0.1) is 11.3 Å². The molecule has 0 saturated heterocycles. The van der Waals surface area contributed by atoms with Gasteiger partial charge in [0, 0.05) is 17.5 Å². The largest absolute Gasteiger partial charge is 0.297 e. The van der Waals surface area contributed by atoms with Gasteiger partial charge in [0.05, 0.1) is 28.4 Å². The Hall–Kier alpha value is -3.28. The monoisotopic (exact) mass is 446 g/mol. The molecule has 6 nitrogen and oxygen atoms in total. The van der Waals surface area contributed by atoms with Crippen LogP contribution in [0.3, 0.4) is 0 Å². The first kappa shape index (κ1) is 21.0. The van der Waals surface area contributed by atoms with E-state index in [9.17, 15) is 14.9 Å². The number of fused-ring (bicyclic) bond motifs is 1. The van der Waals surface area contributed by atoms with Gasteiger partial charge in [-0.05, 0) is 19.1 Å². The summed E-state index contributed by atoms with van der Waals surface area (Å²) in [6.07, 6.45) is 0. The molecule has 0 N–H and O–H groups in total. The number of nitrogens with zero attached hydrogens (tertiary/aromatic N) is 4. The fourth-order valence-electron chi connectivity index (χ4n) is 3.18. The molecule has 0 aliphatic heterocycles. The highest BCUT2D eigenvalue weighted by Crippen LogP contribution is 2.28. The number of aromatic nitrogens is 3. The summed E-state index contributed by atoms with van der Waals surface area (Å²) in [5.74, 6) is -1.17. The highest BCUT2D eigenvalue weighted by Gasteiger charge is 2.24. The number of Topliss-reactive ketones (excluding diaryl/α,β-unsaturated/α-hetero) is 1. The van der Waals surface area contributed by atoms with E-state index >= 15 is 0 Å². The third-order valence-electron chi connectivity index (χ3n) is 4.78. The maximum atomic E-state index is 12.9. The van der Waals surface area contributed by atoms with Gasteiger partial charge in [0.1, 0.15) is 5.01 Å². The van der Waals surface area contributed by atoms with E-state index in [-0.39, 0.29) is 17.1 Å². The van der Waals surface area contributed by atoms with Crippen molar-refractivity contribution in [1.82, 2.24) is 14.5 Å². The van der Waals surface area contributed by atoms with E-state index in [4.69, 9.17) is 0 Å². The molecule has 0 aliphatic rings. The Morgan fingerprint density at radius 1 is 1.16 bits per heavy atom. The average molecular weight is 447 g/mol. The van der Waals surface area contributed by atoms with Crippen LogP contribution >= 0.6 is 23.1 Å². The summed E-state index contributed by atoms with van der Waals surface area (Å²) < 4.78 is 1.55. The van der Waals surface area contributed by atoms with Crippen molar-refractivity contribution in [3.05, 3.63) is 75.3 Å². The summed E-state index contributed by atoms with van der Waals surface area (Å²) in [7, 11) is 0. The Morgan fingerprint density at radius 3 is 2.65 bits per heavy atom. The fraction of sp³-hybridized carbons (Fsp3) is 0.174. The normalized spacial score (nSPS) is 11.9. The molecular weight excluding hydrogens is 428 g/mol. The van der Waals surface area contributed by atoms with Crippen LogP contribution < -0.4 is 5.56 Å². The average Bonchev–Trinajstić information content (AvgIpc) is 3.29. The second-order valence-electron chi connectivity index (χ2n) is 6.72. The number of thiazole rings is 1. The Bertz CT molecular complexity index is 1340. The summed E-state index contributed by atoms with van der Waals surface area (Å²) in [5.41, 5.74) is 2.15. The van der Waals surface area contributed by atoms with Gasteiger partial charge in [-0.25, -0.2) is 9.97 Å². The number of para-hydroxylation sites is 1. The number of carbonyl (C=O) groups excluding carboxylic acids is 1. The smallest absolute Gasteiger partial charge is 0.262 e. The molecule has 8 heteroatoms. The molecule has 0 aliphatic carbocycles. The first-order valence-corrected chi connectivity index (χ1v) is 11.5. The molecule has 0 bridgehead atoms. The summed E-state index contributed by atoms with van der Waals surface area (Å²) in [5, 5.41) is 13.0. The number of carbonyl (C=O) groups is 1. The fourth-order valence-corrected chi connectivity index (χ4v) is 5.04. The maximum absolute atomic E-state index is 12.9. The summed E-state index contributed by atoms with van der Waals surface area (Å²) in [4.78, 5) is 34.7. The minimum Gasteiger partial charge on any atom is -0.297 e. The number of ketones is 1. The van der Waals surface area contributed by atoms with Gasteiger partial charge in [-0.3, -0.25) is 14.2 Å². The number of rotatable bonds is 7. The minimum atomic E-state index is -0.947. The van der Waals surface area contributed by atoms with Crippen LogP contribution in [0.15, 0.2) is 69.9 Å². The van der Waals surface area contributed by atoms with E-state index < -0.39 is 5.92 Å². The molecule has 0 spiro atoms. The van der Waals surface area contributed by atoms with Crippen LogP contribution in [0.4, 0.5) is 0 Å². The molecule has 1 unspecified atom stereocenters. The topological polar surface area (TPSA) is 88.6 Å². The zero-order valence-electron chi connectivity index (χ0n) is 16.7. The van der Waals surface area contributed by atoms with E-state index in [1.165, 1.54) is 23.1 Å². The number of nitriles is 1. The molecule has 0 fully saturated rings. The van der Waals surface area contributed by atoms with E-state index in [2.05, 4.69) is 16.0 Å². The Balaban J connectivity index is 1.55. The van der Waals surface area contributed by atoms with Crippen LogP contribution in [-0.2, 0) is 11.3 Å². The SMILES string of the molecule is CCn1c(SCC(=O)C(C#N)c2nc(-c3ccccc3)cs2)nc2ccccc2c1=O. The van der Waals surface area contributed by atoms with Crippen molar-refractivity contribution in [1.29, 1.82) is 5.26 Å². The second-order valence-corrected chi connectivity index (χ2v) is 8.55. The Kier molecular flexibility index (Phi) is 6.26. The standard InChI is InChI=1S/C23H18N4O2S2/c1-2-27-22(29)16-10-6-7-11-18(16)26-23(27)31-14-20(28)17(12-24)21-25-19(13-30-21)15-8-4-3-5-9-15/h3-11,13,17H,2,14H2,1H3. The van der Waals surface area contributed by atoms with E-state index in [0.717, 1.165) is 11.3 Å².